The molecule has 0 aliphatic carbocycles. The van der Waals surface area contributed by atoms with Crippen molar-refractivity contribution in [2.75, 3.05) is 26.9 Å². The highest BCUT2D eigenvalue weighted by Gasteiger charge is 2.31. The average molecular weight is 320 g/mol. The minimum absolute atomic E-state index is 0.0257. The van der Waals surface area contributed by atoms with Gasteiger partial charge in [0.2, 0.25) is 5.75 Å². The molecule has 2 aliphatic heterocycles. The number of fused-ring (bicyclic) bond motifs is 1. The molecular weight excluding hydrogens is 296 g/mol. The fourth-order valence-electron chi connectivity index (χ4n) is 3.32. The van der Waals surface area contributed by atoms with Crippen LogP contribution in [0, 0.1) is 0 Å². The summed E-state index contributed by atoms with van der Waals surface area (Å²) in [5, 5.41) is 0. The normalized spacial score (nSPS) is 21.7. The maximum Gasteiger partial charge on any atom is 0.254 e. The Morgan fingerprint density at radius 3 is 2.87 bits per heavy atom. The summed E-state index contributed by atoms with van der Waals surface area (Å²) in [6, 6.07) is 3.50. The van der Waals surface area contributed by atoms with Gasteiger partial charge < -0.3 is 24.8 Å². The summed E-state index contributed by atoms with van der Waals surface area (Å²) in [5.41, 5.74) is 6.63. The fraction of sp³-hybridized carbons (Fsp3) is 0.588. The lowest BCUT2D eigenvalue weighted by atomic mass is 9.96. The van der Waals surface area contributed by atoms with Crippen LogP contribution in [0.4, 0.5) is 0 Å². The molecule has 2 atom stereocenters. The van der Waals surface area contributed by atoms with Crippen LogP contribution in [0.25, 0.3) is 0 Å². The summed E-state index contributed by atoms with van der Waals surface area (Å²) in [7, 11) is 1.56. The number of benzene rings is 1. The fourth-order valence-corrected chi connectivity index (χ4v) is 3.32. The third-order valence-electron chi connectivity index (χ3n) is 4.49. The Hall–Kier alpha value is -1.95. The second kappa shape index (κ2) is 6.66. The standard InChI is InChI=1S/C17H24N2O4/c1-11(18)13-5-3-4-6-19(13)17(20)12-9-14(21-2)16-15(10-12)22-7-8-23-16/h9-11,13H,3-8,18H2,1-2H3/t11-,13-/m1/s1. The Kier molecular flexibility index (Phi) is 4.61. The van der Waals surface area contributed by atoms with Crippen molar-refractivity contribution in [1.82, 2.24) is 4.90 Å². The summed E-state index contributed by atoms with van der Waals surface area (Å²) in [4.78, 5) is 14.9. The van der Waals surface area contributed by atoms with Gasteiger partial charge in [-0.3, -0.25) is 4.79 Å². The van der Waals surface area contributed by atoms with E-state index in [2.05, 4.69) is 0 Å². The molecule has 3 rings (SSSR count). The molecule has 23 heavy (non-hydrogen) atoms. The Morgan fingerprint density at radius 2 is 2.13 bits per heavy atom. The molecular formula is C17H24N2O4. The third kappa shape index (κ3) is 3.08. The molecule has 2 N–H and O–H groups in total. The predicted molar refractivity (Wildman–Crippen MR) is 86.3 cm³/mol. The number of rotatable bonds is 3. The quantitative estimate of drug-likeness (QED) is 0.919. The first kappa shape index (κ1) is 15.9. The van der Waals surface area contributed by atoms with Gasteiger partial charge in [-0.1, -0.05) is 0 Å². The molecule has 126 valence electrons. The monoisotopic (exact) mass is 320 g/mol. The number of likely N-dealkylation sites (tertiary alicyclic amines) is 1. The lowest BCUT2D eigenvalue weighted by Gasteiger charge is -2.38. The van der Waals surface area contributed by atoms with Crippen LogP contribution in [0.5, 0.6) is 17.2 Å². The van der Waals surface area contributed by atoms with Crippen LogP contribution in [0.3, 0.4) is 0 Å². The Balaban J connectivity index is 1.92. The zero-order valence-electron chi connectivity index (χ0n) is 13.7. The van der Waals surface area contributed by atoms with Crippen LogP contribution in [0.15, 0.2) is 12.1 Å². The molecule has 1 aromatic carbocycles. The van der Waals surface area contributed by atoms with Crippen LogP contribution in [0.2, 0.25) is 0 Å². The van der Waals surface area contributed by atoms with E-state index in [9.17, 15) is 4.79 Å². The van der Waals surface area contributed by atoms with Crippen LogP contribution < -0.4 is 19.9 Å². The number of ether oxygens (including phenoxy) is 3. The smallest absolute Gasteiger partial charge is 0.254 e. The average Bonchev–Trinajstić information content (AvgIpc) is 2.60. The van der Waals surface area contributed by atoms with Crippen molar-refractivity contribution in [3.8, 4) is 17.2 Å². The summed E-state index contributed by atoms with van der Waals surface area (Å²) in [6.07, 6.45) is 3.07. The first-order valence-corrected chi connectivity index (χ1v) is 8.16. The van der Waals surface area contributed by atoms with Crippen LogP contribution >= 0.6 is 0 Å². The van der Waals surface area contributed by atoms with Gasteiger partial charge in [-0.25, -0.2) is 0 Å². The molecule has 0 spiro atoms. The predicted octanol–water partition coefficient (Wildman–Crippen LogP) is 1.81. The minimum atomic E-state index is -0.0432. The number of carbonyl (C=O) groups excluding carboxylic acids is 1. The molecule has 0 unspecified atom stereocenters. The maximum absolute atomic E-state index is 13.0. The largest absolute Gasteiger partial charge is 0.493 e. The van der Waals surface area contributed by atoms with E-state index in [-0.39, 0.29) is 18.0 Å². The van der Waals surface area contributed by atoms with Crippen molar-refractivity contribution < 1.29 is 19.0 Å². The number of hydrogen-bond acceptors (Lipinski definition) is 5. The molecule has 2 heterocycles. The Morgan fingerprint density at radius 1 is 1.35 bits per heavy atom. The first-order chi connectivity index (χ1) is 11.1. The zero-order chi connectivity index (χ0) is 16.4. The van der Waals surface area contributed by atoms with Gasteiger partial charge in [-0.05, 0) is 38.3 Å². The van der Waals surface area contributed by atoms with Gasteiger partial charge in [0.1, 0.15) is 13.2 Å². The number of carbonyl (C=O) groups is 1. The second-order valence-corrected chi connectivity index (χ2v) is 6.12. The SMILES string of the molecule is COc1cc(C(=O)N2CCCC[C@@H]2[C@@H](C)N)cc2c1OCCO2. The van der Waals surface area contributed by atoms with E-state index >= 15 is 0 Å². The molecule has 6 nitrogen and oxygen atoms in total. The molecule has 1 aromatic rings. The van der Waals surface area contributed by atoms with E-state index in [0.717, 1.165) is 25.8 Å². The lowest BCUT2D eigenvalue weighted by Crippen LogP contribution is -2.51. The number of piperidine rings is 1. The molecule has 1 saturated heterocycles. The molecule has 0 aromatic heterocycles. The van der Waals surface area contributed by atoms with E-state index < -0.39 is 0 Å². The molecule has 2 aliphatic rings. The Labute approximate surface area is 136 Å². The highest BCUT2D eigenvalue weighted by atomic mass is 16.6. The summed E-state index contributed by atoms with van der Waals surface area (Å²) in [5.74, 6) is 1.63. The highest BCUT2D eigenvalue weighted by molar-refractivity contribution is 5.96. The molecule has 1 amide bonds. The first-order valence-electron chi connectivity index (χ1n) is 8.16. The molecule has 1 fully saturated rings. The van der Waals surface area contributed by atoms with Crippen LogP contribution in [-0.4, -0.2) is 49.8 Å². The molecule has 0 saturated carbocycles. The summed E-state index contributed by atoms with van der Waals surface area (Å²) < 4.78 is 16.6. The van der Waals surface area contributed by atoms with Gasteiger partial charge in [0.15, 0.2) is 11.5 Å². The number of nitrogens with two attached hydrogens (primary N) is 1. The number of methoxy groups -OCH3 is 1. The van der Waals surface area contributed by atoms with Crippen molar-refractivity contribution in [3.05, 3.63) is 17.7 Å². The third-order valence-corrected chi connectivity index (χ3v) is 4.49. The van der Waals surface area contributed by atoms with Crippen LogP contribution in [-0.2, 0) is 0 Å². The molecule has 0 bridgehead atoms. The van der Waals surface area contributed by atoms with E-state index in [1.54, 1.807) is 19.2 Å². The second-order valence-electron chi connectivity index (χ2n) is 6.12. The molecule has 6 heteroatoms. The van der Waals surface area contributed by atoms with Gasteiger partial charge in [-0.2, -0.15) is 0 Å². The van der Waals surface area contributed by atoms with Gasteiger partial charge in [-0.15, -0.1) is 0 Å². The number of hydrogen-bond donors (Lipinski definition) is 1. The van der Waals surface area contributed by atoms with Crippen molar-refractivity contribution in [2.45, 2.75) is 38.3 Å². The highest BCUT2D eigenvalue weighted by Crippen LogP contribution is 2.40. The zero-order valence-corrected chi connectivity index (χ0v) is 13.7. The number of amides is 1. The van der Waals surface area contributed by atoms with Crippen LogP contribution in [0.1, 0.15) is 36.5 Å². The Bertz CT molecular complexity index is 571. The van der Waals surface area contributed by atoms with E-state index in [0.29, 0.717) is 36.0 Å². The maximum atomic E-state index is 13.0. The lowest BCUT2D eigenvalue weighted by molar-refractivity contribution is 0.0582. The summed E-state index contributed by atoms with van der Waals surface area (Å²) in [6.45, 7) is 3.65. The summed E-state index contributed by atoms with van der Waals surface area (Å²) >= 11 is 0. The number of nitrogens with zero attached hydrogens (tertiary/aromatic N) is 1. The van der Waals surface area contributed by atoms with Crippen molar-refractivity contribution >= 4 is 5.91 Å². The van der Waals surface area contributed by atoms with E-state index in [4.69, 9.17) is 19.9 Å². The van der Waals surface area contributed by atoms with E-state index in [1.807, 2.05) is 11.8 Å². The van der Waals surface area contributed by atoms with E-state index in [1.165, 1.54) is 0 Å². The van der Waals surface area contributed by atoms with Crippen molar-refractivity contribution in [3.63, 3.8) is 0 Å². The van der Waals surface area contributed by atoms with Gasteiger partial charge in [0.25, 0.3) is 5.91 Å². The van der Waals surface area contributed by atoms with Crippen molar-refractivity contribution in [1.29, 1.82) is 0 Å². The molecule has 0 radical (unpaired) electrons. The van der Waals surface area contributed by atoms with Gasteiger partial charge in [0, 0.05) is 24.2 Å². The topological polar surface area (TPSA) is 74.0 Å². The van der Waals surface area contributed by atoms with Gasteiger partial charge in [0.05, 0.1) is 7.11 Å². The van der Waals surface area contributed by atoms with Gasteiger partial charge >= 0.3 is 0 Å². The minimum Gasteiger partial charge on any atom is -0.493 e. The van der Waals surface area contributed by atoms with Crippen molar-refractivity contribution in [2.24, 2.45) is 5.73 Å².